The monoisotopic (exact) mass is 313 g/mol. The third-order valence-corrected chi connectivity index (χ3v) is 3.42. The molecule has 106 valence electrons. The second kappa shape index (κ2) is 6.68. The van der Waals surface area contributed by atoms with Gasteiger partial charge in [0, 0.05) is 0 Å². The first kappa shape index (κ1) is 14.8. The Labute approximate surface area is 126 Å². The van der Waals surface area contributed by atoms with E-state index in [4.69, 9.17) is 32.4 Å². The highest BCUT2D eigenvalue weighted by molar-refractivity contribution is 6.42. The maximum absolute atomic E-state index is 11.8. The minimum atomic E-state index is -0.273. The molecule has 0 aliphatic heterocycles. The van der Waals surface area contributed by atoms with Crippen LogP contribution in [0.5, 0.6) is 5.75 Å². The Hall–Kier alpha value is -1.65. The molecule has 1 unspecified atom stereocenters. The molecule has 1 aromatic carbocycles. The lowest BCUT2D eigenvalue weighted by Crippen LogP contribution is -2.31. The maximum atomic E-state index is 11.8. The van der Waals surface area contributed by atoms with Gasteiger partial charge in [0.15, 0.2) is 6.61 Å². The van der Waals surface area contributed by atoms with Gasteiger partial charge in [-0.3, -0.25) is 4.79 Å². The predicted molar refractivity (Wildman–Crippen MR) is 77.2 cm³/mol. The number of carbonyl (C=O) groups is 1. The molecule has 1 aromatic heterocycles. The fourth-order valence-corrected chi connectivity index (χ4v) is 1.98. The van der Waals surface area contributed by atoms with Crippen molar-refractivity contribution in [3.8, 4) is 5.75 Å². The Balaban J connectivity index is 1.88. The zero-order valence-corrected chi connectivity index (χ0v) is 12.2. The lowest BCUT2D eigenvalue weighted by molar-refractivity contribution is -0.123. The molecule has 0 radical (unpaired) electrons. The van der Waals surface area contributed by atoms with E-state index in [0.29, 0.717) is 21.6 Å². The van der Waals surface area contributed by atoms with E-state index in [1.165, 1.54) is 0 Å². The highest BCUT2D eigenvalue weighted by Crippen LogP contribution is 2.31. The summed E-state index contributed by atoms with van der Waals surface area (Å²) in [5, 5.41) is 3.43. The number of halogens is 2. The van der Waals surface area contributed by atoms with Crippen LogP contribution in [0.4, 0.5) is 0 Å². The minimum absolute atomic E-state index is 0.148. The van der Waals surface area contributed by atoms with Gasteiger partial charge in [0.25, 0.3) is 5.91 Å². The number of furan rings is 1. The molecule has 0 spiro atoms. The zero-order valence-electron chi connectivity index (χ0n) is 10.7. The second-order valence-electron chi connectivity index (χ2n) is 4.15. The maximum Gasteiger partial charge on any atom is 0.258 e. The van der Waals surface area contributed by atoms with Crippen molar-refractivity contribution in [1.29, 1.82) is 0 Å². The van der Waals surface area contributed by atoms with E-state index in [1.54, 1.807) is 36.6 Å². The molecule has 0 bridgehead atoms. The normalized spacial score (nSPS) is 11.9. The molecule has 1 amide bonds. The summed E-state index contributed by atoms with van der Waals surface area (Å²) in [4.78, 5) is 11.8. The SMILES string of the molecule is CC(NC(=O)COc1cccc(Cl)c1Cl)c1ccco1. The fraction of sp³-hybridized carbons (Fsp3) is 0.214. The van der Waals surface area contributed by atoms with Crippen LogP contribution in [0.2, 0.25) is 10.0 Å². The molecule has 2 rings (SSSR count). The number of benzene rings is 1. The summed E-state index contributed by atoms with van der Waals surface area (Å²) in [5.74, 6) is 0.782. The van der Waals surface area contributed by atoms with Crippen LogP contribution >= 0.6 is 23.2 Å². The van der Waals surface area contributed by atoms with E-state index < -0.39 is 0 Å². The fourth-order valence-electron chi connectivity index (χ4n) is 1.63. The van der Waals surface area contributed by atoms with Crippen molar-refractivity contribution in [3.63, 3.8) is 0 Å². The third kappa shape index (κ3) is 3.68. The van der Waals surface area contributed by atoms with Crippen LogP contribution < -0.4 is 10.1 Å². The molecule has 0 aliphatic carbocycles. The molecular weight excluding hydrogens is 301 g/mol. The van der Waals surface area contributed by atoms with Crippen molar-refractivity contribution in [2.24, 2.45) is 0 Å². The molecular formula is C14H13Cl2NO3. The van der Waals surface area contributed by atoms with Crippen molar-refractivity contribution in [3.05, 3.63) is 52.4 Å². The Bertz CT molecular complexity index is 584. The Morgan fingerprint density at radius 3 is 2.85 bits per heavy atom. The Morgan fingerprint density at radius 2 is 2.15 bits per heavy atom. The van der Waals surface area contributed by atoms with E-state index >= 15 is 0 Å². The summed E-state index contributed by atoms with van der Waals surface area (Å²) < 4.78 is 10.5. The summed E-state index contributed by atoms with van der Waals surface area (Å²) in [7, 11) is 0. The van der Waals surface area contributed by atoms with Crippen molar-refractivity contribution < 1.29 is 13.9 Å². The van der Waals surface area contributed by atoms with Gasteiger partial charge in [0.05, 0.1) is 17.3 Å². The standard InChI is InChI=1S/C14H13Cl2NO3/c1-9(11-6-3-7-19-11)17-13(18)8-20-12-5-2-4-10(15)14(12)16/h2-7,9H,8H2,1H3,(H,17,18). The van der Waals surface area contributed by atoms with Crippen LogP contribution in [0.1, 0.15) is 18.7 Å². The molecule has 6 heteroatoms. The van der Waals surface area contributed by atoms with Gasteiger partial charge in [-0.1, -0.05) is 29.3 Å². The van der Waals surface area contributed by atoms with Gasteiger partial charge in [-0.05, 0) is 31.2 Å². The summed E-state index contributed by atoms with van der Waals surface area (Å²) in [6, 6.07) is 8.33. The van der Waals surface area contributed by atoms with Gasteiger partial charge < -0.3 is 14.5 Å². The third-order valence-electron chi connectivity index (χ3n) is 2.62. The largest absolute Gasteiger partial charge is 0.482 e. The van der Waals surface area contributed by atoms with Gasteiger partial charge in [0.1, 0.15) is 16.5 Å². The van der Waals surface area contributed by atoms with Crippen LogP contribution in [0.15, 0.2) is 41.0 Å². The molecule has 20 heavy (non-hydrogen) atoms. The average Bonchev–Trinajstić information content (AvgIpc) is 2.94. The van der Waals surface area contributed by atoms with Gasteiger partial charge in [0.2, 0.25) is 0 Å². The summed E-state index contributed by atoms with van der Waals surface area (Å²) in [6.07, 6.45) is 1.56. The second-order valence-corrected chi connectivity index (χ2v) is 4.93. The van der Waals surface area contributed by atoms with Crippen LogP contribution in [-0.2, 0) is 4.79 Å². The highest BCUT2D eigenvalue weighted by atomic mass is 35.5. The number of ether oxygens (including phenoxy) is 1. The van der Waals surface area contributed by atoms with Crippen LogP contribution in [0, 0.1) is 0 Å². The van der Waals surface area contributed by atoms with Gasteiger partial charge in [-0.25, -0.2) is 0 Å². The smallest absolute Gasteiger partial charge is 0.258 e. The topological polar surface area (TPSA) is 51.5 Å². The molecule has 0 aliphatic rings. The molecule has 2 aromatic rings. The van der Waals surface area contributed by atoms with Crippen molar-refractivity contribution >= 4 is 29.1 Å². The van der Waals surface area contributed by atoms with E-state index in [2.05, 4.69) is 5.32 Å². The van der Waals surface area contributed by atoms with E-state index in [-0.39, 0.29) is 18.6 Å². The first-order chi connectivity index (χ1) is 9.58. The lowest BCUT2D eigenvalue weighted by atomic mass is 10.2. The van der Waals surface area contributed by atoms with E-state index in [9.17, 15) is 4.79 Å². The number of hydrogen-bond donors (Lipinski definition) is 1. The molecule has 0 fully saturated rings. The number of carbonyl (C=O) groups excluding carboxylic acids is 1. The molecule has 0 saturated carbocycles. The molecule has 1 heterocycles. The number of amides is 1. The quantitative estimate of drug-likeness (QED) is 0.912. The van der Waals surface area contributed by atoms with Crippen molar-refractivity contribution in [2.75, 3.05) is 6.61 Å². The summed E-state index contributed by atoms with van der Waals surface area (Å²) in [5.41, 5.74) is 0. The highest BCUT2D eigenvalue weighted by Gasteiger charge is 2.13. The minimum Gasteiger partial charge on any atom is -0.482 e. The Morgan fingerprint density at radius 1 is 1.35 bits per heavy atom. The van der Waals surface area contributed by atoms with Gasteiger partial charge in [-0.15, -0.1) is 0 Å². The molecule has 4 nitrogen and oxygen atoms in total. The lowest BCUT2D eigenvalue weighted by Gasteiger charge is -2.12. The van der Waals surface area contributed by atoms with Crippen LogP contribution in [0.25, 0.3) is 0 Å². The first-order valence-corrected chi connectivity index (χ1v) is 6.73. The van der Waals surface area contributed by atoms with E-state index in [1.807, 2.05) is 6.92 Å². The van der Waals surface area contributed by atoms with E-state index in [0.717, 1.165) is 0 Å². The van der Waals surface area contributed by atoms with Gasteiger partial charge >= 0.3 is 0 Å². The molecule has 1 N–H and O–H groups in total. The number of hydrogen-bond acceptors (Lipinski definition) is 3. The number of nitrogens with one attached hydrogen (secondary N) is 1. The predicted octanol–water partition coefficient (Wildman–Crippen LogP) is 3.84. The molecule has 0 saturated heterocycles. The summed E-state index contributed by atoms with van der Waals surface area (Å²) >= 11 is 11.8. The Kier molecular flexibility index (Phi) is 4.93. The first-order valence-electron chi connectivity index (χ1n) is 5.97. The van der Waals surface area contributed by atoms with Crippen LogP contribution in [-0.4, -0.2) is 12.5 Å². The average molecular weight is 314 g/mol. The summed E-state index contributed by atoms with van der Waals surface area (Å²) in [6.45, 7) is 1.67. The van der Waals surface area contributed by atoms with Gasteiger partial charge in [-0.2, -0.15) is 0 Å². The molecule has 1 atom stereocenters. The zero-order chi connectivity index (χ0) is 14.5. The van der Waals surface area contributed by atoms with Crippen molar-refractivity contribution in [1.82, 2.24) is 5.32 Å². The van der Waals surface area contributed by atoms with Crippen molar-refractivity contribution in [2.45, 2.75) is 13.0 Å². The number of rotatable bonds is 5. The van der Waals surface area contributed by atoms with Crippen LogP contribution in [0.3, 0.4) is 0 Å².